The summed E-state index contributed by atoms with van der Waals surface area (Å²) in [6, 6.07) is 6.85. The number of amides is 1. The third kappa shape index (κ3) is 4.47. The minimum absolute atomic E-state index is 0.0635. The predicted molar refractivity (Wildman–Crippen MR) is 70.4 cm³/mol. The van der Waals surface area contributed by atoms with E-state index in [1.165, 1.54) is 7.11 Å². The van der Waals surface area contributed by atoms with E-state index < -0.39 is 6.10 Å². The lowest BCUT2D eigenvalue weighted by Gasteiger charge is -2.14. The Kier molecular flexibility index (Phi) is 5.62. The molecule has 1 rings (SSSR count). The van der Waals surface area contributed by atoms with Crippen LogP contribution < -0.4 is 15.8 Å². The highest BCUT2D eigenvalue weighted by molar-refractivity contribution is 5.95. The molecule has 1 atom stereocenters. The van der Waals surface area contributed by atoms with Crippen LogP contribution in [-0.2, 0) is 9.53 Å². The molecule has 1 unspecified atom stereocenters. The summed E-state index contributed by atoms with van der Waals surface area (Å²) < 4.78 is 10.2. The maximum absolute atomic E-state index is 11.7. The van der Waals surface area contributed by atoms with Crippen LogP contribution in [0, 0.1) is 0 Å². The van der Waals surface area contributed by atoms with Crippen molar-refractivity contribution in [3.8, 4) is 5.75 Å². The Balaban J connectivity index is 2.75. The molecular weight excluding hydrogens is 250 g/mol. The van der Waals surface area contributed by atoms with E-state index in [2.05, 4.69) is 10.5 Å². The Labute approximate surface area is 111 Å². The number of methoxy groups -OCH3 is 1. The molecule has 0 spiro atoms. The van der Waals surface area contributed by atoms with Gasteiger partial charge in [-0.15, -0.1) is 0 Å². The fourth-order valence-electron chi connectivity index (χ4n) is 1.22. The van der Waals surface area contributed by atoms with Crippen LogP contribution in [0.3, 0.4) is 0 Å². The summed E-state index contributed by atoms with van der Waals surface area (Å²) >= 11 is 0. The molecule has 0 aliphatic rings. The van der Waals surface area contributed by atoms with E-state index in [1.54, 1.807) is 31.2 Å². The van der Waals surface area contributed by atoms with Crippen molar-refractivity contribution in [1.29, 1.82) is 0 Å². The molecular formula is C12H17N3O4. The van der Waals surface area contributed by atoms with E-state index in [1.807, 2.05) is 0 Å². The van der Waals surface area contributed by atoms with E-state index in [-0.39, 0.29) is 18.3 Å². The average Bonchev–Trinajstić information content (AvgIpc) is 2.44. The molecule has 0 fully saturated rings. The van der Waals surface area contributed by atoms with Gasteiger partial charge in [0, 0.05) is 7.11 Å². The highest BCUT2D eigenvalue weighted by Gasteiger charge is 2.14. The third-order valence-electron chi connectivity index (χ3n) is 2.37. The van der Waals surface area contributed by atoms with Crippen LogP contribution in [0.25, 0.3) is 0 Å². The molecule has 0 saturated heterocycles. The largest absolute Gasteiger partial charge is 0.483 e. The van der Waals surface area contributed by atoms with Crippen LogP contribution >= 0.6 is 0 Å². The maximum Gasteiger partial charge on any atom is 0.253 e. The number of hydrogen-bond acceptors (Lipinski definition) is 5. The number of para-hydroxylation sites is 2. The molecule has 0 saturated carbocycles. The van der Waals surface area contributed by atoms with E-state index >= 15 is 0 Å². The number of carbonyl (C=O) groups is 1. The lowest BCUT2D eigenvalue weighted by atomic mass is 10.2. The number of nitrogens with zero attached hydrogens (tertiary/aromatic N) is 1. The summed E-state index contributed by atoms with van der Waals surface area (Å²) in [4.78, 5) is 11.7. The number of nitrogens with one attached hydrogen (secondary N) is 1. The quantitative estimate of drug-likeness (QED) is 0.306. The van der Waals surface area contributed by atoms with Crippen LogP contribution in [-0.4, -0.2) is 36.8 Å². The van der Waals surface area contributed by atoms with Gasteiger partial charge in [-0.25, -0.2) is 0 Å². The first kappa shape index (κ1) is 14.8. The average molecular weight is 267 g/mol. The number of ether oxygens (including phenoxy) is 2. The number of nitrogens with two attached hydrogens (primary N) is 1. The van der Waals surface area contributed by atoms with Gasteiger partial charge in [-0.3, -0.25) is 4.79 Å². The molecule has 4 N–H and O–H groups in total. The summed E-state index contributed by atoms with van der Waals surface area (Å²) in [6.07, 6.45) is -0.572. The summed E-state index contributed by atoms with van der Waals surface area (Å²) in [5.41, 5.74) is 5.80. The number of rotatable bonds is 6. The third-order valence-corrected chi connectivity index (χ3v) is 2.37. The van der Waals surface area contributed by atoms with Gasteiger partial charge >= 0.3 is 0 Å². The van der Waals surface area contributed by atoms with Crippen molar-refractivity contribution < 1.29 is 19.5 Å². The van der Waals surface area contributed by atoms with Gasteiger partial charge in [-0.1, -0.05) is 17.3 Å². The molecule has 0 radical (unpaired) electrons. The molecule has 1 amide bonds. The molecule has 0 bridgehead atoms. The predicted octanol–water partition coefficient (Wildman–Crippen LogP) is 0.785. The minimum Gasteiger partial charge on any atom is -0.483 e. The second kappa shape index (κ2) is 7.22. The van der Waals surface area contributed by atoms with Crippen molar-refractivity contribution in [3.05, 3.63) is 24.3 Å². The van der Waals surface area contributed by atoms with E-state index in [0.29, 0.717) is 11.4 Å². The Morgan fingerprint density at radius 1 is 1.53 bits per heavy atom. The van der Waals surface area contributed by atoms with Gasteiger partial charge in [-0.2, -0.15) is 0 Å². The van der Waals surface area contributed by atoms with E-state index in [4.69, 9.17) is 20.4 Å². The fourth-order valence-corrected chi connectivity index (χ4v) is 1.22. The number of anilines is 1. The SMILES string of the molecule is COC(C)C(=O)Nc1ccccc1OC/C(N)=N/O. The topological polar surface area (TPSA) is 106 Å². The van der Waals surface area contributed by atoms with Crippen LogP contribution in [0.1, 0.15) is 6.92 Å². The first-order valence-electron chi connectivity index (χ1n) is 5.60. The number of benzene rings is 1. The Hall–Kier alpha value is -2.28. The standard InChI is InChI=1S/C12H17N3O4/c1-8(18-2)12(16)14-9-5-3-4-6-10(9)19-7-11(13)15-17/h3-6,8,17H,7H2,1-2H3,(H2,13,15)(H,14,16). The minimum atomic E-state index is -0.572. The lowest BCUT2D eigenvalue weighted by Crippen LogP contribution is -2.27. The Morgan fingerprint density at radius 3 is 2.84 bits per heavy atom. The van der Waals surface area contributed by atoms with E-state index in [9.17, 15) is 4.79 Å². The summed E-state index contributed by atoms with van der Waals surface area (Å²) in [5, 5.41) is 13.9. The molecule has 0 heterocycles. The number of oxime groups is 1. The molecule has 104 valence electrons. The second-order valence-corrected chi connectivity index (χ2v) is 3.74. The monoisotopic (exact) mass is 267 g/mol. The summed E-state index contributed by atoms with van der Waals surface area (Å²) in [5.74, 6) is 0.0690. The molecule has 0 aliphatic carbocycles. The van der Waals surface area contributed by atoms with Crippen molar-refractivity contribution in [2.75, 3.05) is 19.0 Å². The molecule has 1 aromatic carbocycles. The first-order valence-corrected chi connectivity index (χ1v) is 5.60. The number of hydrogen-bond donors (Lipinski definition) is 3. The molecule has 0 aliphatic heterocycles. The van der Waals surface area contributed by atoms with Crippen LogP contribution in [0.15, 0.2) is 29.4 Å². The smallest absolute Gasteiger partial charge is 0.253 e. The van der Waals surface area contributed by atoms with Gasteiger partial charge in [0.25, 0.3) is 5.91 Å². The maximum atomic E-state index is 11.7. The van der Waals surface area contributed by atoms with Crippen molar-refractivity contribution >= 4 is 17.4 Å². The lowest BCUT2D eigenvalue weighted by molar-refractivity contribution is -0.124. The zero-order valence-electron chi connectivity index (χ0n) is 10.8. The number of amidine groups is 1. The molecule has 1 aromatic rings. The highest BCUT2D eigenvalue weighted by atomic mass is 16.5. The molecule has 7 heteroatoms. The Morgan fingerprint density at radius 2 is 2.21 bits per heavy atom. The molecule has 19 heavy (non-hydrogen) atoms. The van der Waals surface area contributed by atoms with Crippen molar-refractivity contribution in [2.24, 2.45) is 10.9 Å². The van der Waals surface area contributed by atoms with Gasteiger partial charge in [0.05, 0.1) is 5.69 Å². The van der Waals surface area contributed by atoms with Crippen molar-refractivity contribution in [2.45, 2.75) is 13.0 Å². The van der Waals surface area contributed by atoms with Crippen molar-refractivity contribution in [1.82, 2.24) is 0 Å². The molecule has 0 aromatic heterocycles. The van der Waals surface area contributed by atoms with Gasteiger partial charge < -0.3 is 25.7 Å². The van der Waals surface area contributed by atoms with Gasteiger partial charge in [-0.05, 0) is 19.1 Å². The first-order chi connectivity index (χ1) is 9.08. The second-order valence-electron chi connectivity index (χ2n) is 3.74. The van der Waals surface area contributed by atoms with Gasteiger partial charge in [0.15, 0.2) is 5.84 Å². The van der Waals surface area contributed by atoms with Gasteiger partial charge in [0.1, 0.15) is 18.5 Å². The Bertz CT molecular complexity index is 462. The van der Waals surface area contributed by atoms with Gasteiger partial charge in [0.2, 0.25) is 0 Å². The normalized spacial score (nSPS) is 12.8. The fraction of sp³-hybridized carbons (Fsp3) is 0.333. The van der Waals surface area contributed by atoms with Crippen LogP contribution in [0.4, 0.5) is 5.69 Å². The van der Waals surface area contributed by atoms with Crippen molar-refractivity contribution in [3.63, 3.8) is 0 Å². The van der Waals surface area contributed by atoms with Crippen LogP contribution in [0.5, 0.6) is 5.75 Å². The van der Waals surface area contributed by atoms with Crippen LogP contribution in [0.2, 0.25) is 0 Å². The zero-order chi connectivity index (χ0) is 14.3. The van der Waals surface area contributed by atoms with E-state index in [0.717, 1.165) is 0 Å². The number of carbonyl (C=O) groups excluding carboxylic acids is 1. The highest BCUT2D eigenvalue weighted by Crippen LogP contribution is 2.23. The summed E-state index contributed by atoms with van der Waals surface area (Å²) in [6.45, 7) is 1.55. The molecule has 7 nitrogen and oxygen atoms in total. The summed E-state index contributed by atoms with van der Waals surface area (Å²) in [7, 11) is 1.45. The zero-order valence-corrected chi connectivity index (χ0v) is 10.8.